The number of aromatic nitrogens is 3. The van der Waals surface area contributed by atoms with Gasteiger partial charge in [0.25, 0.3) is 0 Å². The maximum atomic E-state index is 7.79. The minimum absolute atomic E-state index is 0. The number of nitrogens with zero attached hydrogens (tertiary/aromatic N) is 4. The molecular weight excluding hydrogens is 1000 g/mol. The second kappa shape index (κ2) is 19.9. The minimum atomic E-state index is 0. The normalized spacial score (nSPS) is 11.4. The van der Waals surface area contributed by atoms with Gasteiger partial charge in [0.2, 0.25) is 0 Å². The van der Waals surface area contributed by atoms with Gasteiger partial charge in [-0.25, -0.2) is 4.85 Å². The van der Waals surface area contributed by atoms with Crippen LogP contribution in [0.25, 0.3) is 77.6 Å². The van der Waals surface area contributed by atoms with E-state index < -0.39 is 0 Å². The Bertz CT molecular complexity index is 3190. The Kier molecular flexibility index (Phi) is 13.9. The van der Waals surface area contributed by atoms with Gasteiger partial charge in [0.1, 0.15) is 0 Å². The molecule has 334 valence electrons. The van der Waals surface area contributed by atoms with Crippen LogP contribution in [0.4, 0.5) is 5.69 Å². The molecular formula is C61H54N4OPt. The van der Waals surface area contributed by atoms with Crippen LogP contribution in [0.3, 0.4) is 0 Å². The van der Waals surface area contributed by atoms with Crippen molar-refractivity contribution in [2.75, 3.05) is 0 Å². The number of hydrogen-bond donors (Lipinski definition) is 0. The number of pyridine rings is 1. The summed E-state index contributed by atoms with van der Waals surface area (Å²) in [4.78, 5) is 13.9. The van der Waals surface area contributed by atoms with E-state index in [9.17, 15) is 0 Å². The Morgan fingerprint density at radius 2 is 1.04 bits per heavy atom. The number of imidazole rings is 1. The Balaban J connectivity index is 0.00000608. The number of rotatable bonds is 12. The van der Waals surface area contributed by atoms with Crippen molar-refractivity contribution in [3.8, 4) is 73.2 Å². The van der Waals surface area contributed by atoms with E-state index in [4.69, 9.17) is 21.3 Å². The Hall–Kier alpha value is -6.86. The molecule has 0 bridgehead atoms. The molecule has 0 amide bonds. The van der Waals surface area contributed by atoms with Crippen LogP contribution < -0.4 is 4.74 Å². The van der Waals surface area contributed by atoms with E-state index in [1.807, 2.05) is 60.8 Å². The van der Waals surface area contributed by atoms with Gasteiger partial charge in [0, 0.05) is 23.4 Å². The van der Waals surface area contributed by atoms with Gasteiger partial charge < -0.3 is 14.3 Å². The molecule has 0 unspecified atom stereocenters. The minimum Gasteiger partial charge on any atom is -0.497 e. The number of ether oxygens (including phenoxy) is 1. The third-order valence-corrected chi connectivity index (χ3v) is 12.4. The van der Waals surface area contributed by atoms with E-state index >= 15 is 0 Å². The van der Waals surface area contributed by atoms with Gasteiger partial charge >= 0.3 is 21.1 Å². The van der Waals surface area contributed by atoms with Gasteiger partial charge in [-0.15, -0.1) is 47.5 Å². The molecule has 5 nitrogen and oxygen atoms in total. The first-order chi connectivity index (χ1) is 32.0. The van der Waals surface area contributed by atoms with E-state index in [-0.39, 0.29) is 32.9 Å². The average Bonchev–Trinajstić information content (AvgIpc) is 3.72. The van der Waals surface area contributed by atoms with Crippen molar-refractivity contribution >= 4 is 16.7 Å². The molecule has 67 heavy (non-hydrogen) atoms. The number of benzene rings is 7. The van der Waals surface area contributed by atoms with Gasteiger partial charge in [-0.1, -0.05) is 152 Å². The van der Waals surface area contributed by atoms with Gasteiger partial charge in [-0.3, -0.25) is 4.98 Å². The summed E-state index contributed by atoms with van der Waals surface area (Å²) in [7, 11) is 0. The molecule has 0 aliphatic rings. The molecule has 0 fully saturated rings. The molecule has 0 N–H and O–H groups in total. The molecule has 2 aromatic heterocycles. The van der Waals surface area contributed by atoms with Crippen molar-refractivity contribution in [2.24, 2.45) is 0 Å². The van der Waals surface area contributed by atoms with Crippen LogP contribution in [0.5, 0.6) is 11.5 Å². The molecule has 2 heterocycles. The zero-order valence-corrected chi connectivity index (χ0v) is 41.6. The van der Waals surface area contributed by atoms with Crippen LogP contribution in [0.2, 0.25) is 0 Å². The summed E-state index contributed by atoms with van der Waals surface area (Å²) in [5.74, 6) is 2.87. The molecule has 0 saturated carbocycles. The van der Waals surface area contributed by atoms with Crippen molar-refractivity contribution in [1.82, 2.24) is 14.5 Å². The first kappa shape index (κ1) is 46.7. The smallest absolute Gasteiger partial charge is 0.497 e. The predicted molar refractivity (Wildman–Crippen MR) is 273 cm³/mol. The van der Waals surface area contributed by atoms with Crippen LogP contribution in [0.1, 0.15) is 101 Å². The maximum Gasteiger partial charge on any atom is 2.00 e. The maximum absolute atomic E-state index is 7.79. The second-order valence-corrected chi connectivity index (χ2v) is 18.3. The van der Waals surface area contributed by atoms with Gasteiger partial charge in [0.15, 0.2) is 5.69 Å². The fraction of sp³-hybridized carbons (Fsp3) is 0.197. The Morgan fingerprint density at radius 1 is 0.522 bits per heavy atom. The van der Waals surface area contributed by atoms with Crippen LogP contribution in [-0.2, 0) is 21.1 Å². The van der Waals surface area contributed by atoms with E-state index in [1.54, 1.807) is 0 Å². The van der Waals surface area contributed by atoms with Crippen molar-refractivity contribution in [1.29, 1.82) is 0 Å². The molecule has 0 aliphatic carbocycles. The molecule has 7 aromatic carbocycles. The molecule has 6 heteroatoms. The van der Waals surface area contributed by atoms with E-state index in [0.29, 0.717) is 29.0 Å². The Morgan fingerprint density at radius 3 is 1.58 bits per heavy atom. The zero-order valence-electron chi connectivity index (χ0n) is 39.3. The van der Waals surface area contributed by atoms with E-state index in [1.165, 1.54) is 50.1 Å². The van der Waals surface area contributed by atoms with Crippen LogP contribution in [0, 0.1) is 18.7 Å². The molecule has 9 aromatic rings. The van der Waals surface area contributed by atoms with Crippen molar-refractivity contribution in [3.63, 3.8) is 0 Å². The largest absolute Gasteiger partial charge is 2.00 e. The average molecular weight is 1050 g/mol. The molecule has 0 saturated heterocycles. The van der Waals surface area contributed by atoms with Crippen LogP contribution >= 0.6 is 0 Å². The SMILES string of the molecule is [C-]#[N+]c1ccc2c(c1)nc(-c1[c-]c(Oc3[c-]c(-c4cc(-c5c(C(C)C)cc(-c6ccccc6)cc5C(C)C)ccn4)ccc3)ccc1)n2-c1c(C(C)C)cc(-c2ccccc2)cc1C(C)C.[Pt+2]. The summed E-state index contributed by atoms with van der Waals surface area (Å²) in [5, 5.41) is 0. The fourth-order valence-corrected chi connectivity index (χ4v) is 9.04. The van der Waals surface area contributed by atoms with Crippen molar-refractivity contribution < 1.29 is 25.8 Å². The topological polar surface area (TPSA) is 44.3 Å². The molecule has 0 spiro atoms. The Labute approximate surface area is 410 Å². The summed E-state index contributed by atoms with van der Waals surface area (Å²) >= 11 is 0. The third kappa shape index (κ3) is 9.56. The number of fused-ring (bicyclic) bond motifs is 1. The standard InChI is InChI=1S/C61H54N4O.Pt/c1-38(2)52-32-47(42-18-12-10-13-19-42)33-53(39(3)4)59(52)45-28-29-63-56(36-45)44-22-16-24-50(30-44)66-51-25-17-23-46(31-51)61-64-57-37-49(62-9)26-27-58(57)65(61)60-54(40(5)6)34-48(35-55(60)41(7)8)43-20-14-11-15-21-43;/h10-29,32-41H,1-8H3;/q-2;+2. The fourth-order valence-electron chi connectivity index (χ4n) is 9.04. The van der Waals surface area contributed by atoms with Crippen molar-refractivity contribution in [3.05, 3.63) is 204 Å². The number of hydrogen-bond acceptors (Lipinski definition) is 3. The van der Waals surface area contributed by atoms with Gasteiger partial charge in [-0.05, 0) is 115 Å². The van der Waals surface area contributed by atoms with E-state index in [0.717, 1.165) is 44.9 Å². The quantitative estimate of drug-likeness (QED) is 0.115. The second-order valence-electron chi connectivity index (χ2n) is 18.3. The van der Waals surface area contributed by atoms with Crippen molar-refractivity contribution in [2.45, 2.75) is 79.1 Å². The van der Waals surface area contributed by atoms with E-state index in [2.05, 4.69) is 174 Å². The third-order valence-electron chi connectivity index (χ3n) is 12.4. The van der Waals surface area contributed by atoms with Gasteiger partial charge in [-0.2, -0.15) is 0 Å². The molecule has 0 aliphatic heterocycles. The zero-order chi connectivity index (χ0) is 46.1. The summed E-state index contributed by atoms with van der Waals surface area (Å²) in [6.45, 7) is 25.9. The van der Waals surface area contributed by atoms with Gasteiger partial charge in [0.05, 0.1) is 23.4 Å². The summed E-state index contributed by atoms with van der Waals surface area (Å²) < 4.78 is 8.87. The van der Waals surface area contributed by atoms with Crippen LogP contribution in [0.15, 0.2) is 158 Å². The molecule has 9 rings (SSSR count). The monoisotopic (exact) mass is 1050 g/mol. The predicted octanol–water partition coefficient (Wildman–Crippen LogP) is 17.2. The summed E-state index contributed by atoms with van der Waals surface area (Å²) in [5.41, 5.74) is 18.1. The summed E-state index contributed by atoms with van der Waals surface area (Å²) in [6, 6.07) is 59.7. The first-order valence-electron chi connectivity index (χ1n) is 23.0. The first-order valence-corrected chi connectivity index (χ1v) is 23.0. The summed E-state index contributed by atoms with van der Waals surface area (Å²) in [6.07, 6.45) is 1.90. The molecule has 0 radical (unpaired) electrons. The molecule has 0 atom stereocenters. The van der Waals surface area contributed by atoms with Crippen LogP contribution in [-0.4, -0.2) is 14.5 Å².